The molecule has 12 heavy (non-hydrogen) atoms. The normalized spacial score (nSPS) is 25.2. The summed E-state index contributed by atoms with van der Waals surface area (Å²) in [6, 6.07) is 0. The van der Waals surface area contributed by atoms with Gasteiger partial charge in [-0.2, -0.15) is 0 Å². The topological polar surface area (TPSA) is 49.8 Å². The number of carboxylic acid groups (broad SMARTS) is 1. The van der Waals surface area contributed by atoms with E-state index in [0.717, 1.165) is 12.7 Å². The molecule has 1 aliphatic rings. The second kappa shape index (κ2) is 4.93. The summed E-state index contributed by atoms with van der Waals surface area (Å²) < 4.78 is 5.14. The molecule has 1 rings (SSSR count). The Morgan fingerprint density at radius 2 is 2.25 bits per heavy atom. The first-order chi connectivity index (χ1) is 5.54. The summed E-state index contributed by atoms with van der Waals surface area (Å²) in [6.07, 6.45) is 3.31. The van der Waals surface area contributed by atoms with Crippen LogP contribution in [0.5, 0.6) is 0 Å². The van der Waals surface area contributed by atoms with Crippen LogP contribution in [0.15, 0.2) is 12.7 Å². The fourth-order valence-electron chi connectivity index (χ4n) is 0.796. The fourth-order valence-corrected chi connectivity index (χ4v) is 0.796. The Morgan fingerprint density at radius 1 is 1.83 bits per heavy atom. The molecule has 0 aliphatic carbocycles. The van der Waals surface area contributed by atoms with Crippen molar-refractivity contribution in [3.63, 3.8) is 0 Å². The lowest BCUT2D eigenvalue weighted by Crippen LogP contribution is -2.01. The van der Waals surface area contributed by atoms with Gasteiger partial charge in [-0.05, 0) is 13.3 Å². The molecule has 1 aliphatic heterocycles. The Morgan fingerprint density at radius 3 is 2.33 bits per heavy atom. The molecule has 1 fully saturated rings. The zero-order chi connectivity index (χ0) is 9.61. The van der Waals surface area contributed by atoms with Crippen molar-refractivity contribution in [1.29, 1.82) is 0 Å². The molecule has 0 amide bonds. The highest BCUT2D eigenvalue weighted by molar-refractivity contribution is 5.78. The number of carboxylic acids is 1. The highest BCUT2D eigenvalue weighted by Crippen LogP contribution is 2.30. The Kier molecular flexibility index (Phi) is 4.59. The van der Waals surface area contributed by atoms with Gasteiger partial charge in [0, 0.05) is 6.08 Å². The summed E-state index contributed by atoms with van der Waals surface area (Å²) in [7, 11) is 0. The molecule has 0 bridgehead atoms. The average Bonchev–Trinajstić information content (AvgIpc) is 2.70. The zero-order valence-corrected chi connectivity index (χ0v) is 7.67. The van der Waals surface area contributed by atoms with Crippen molar-refractivity contribution in [3.05, 3.63) is 12.7 Å². The Balaban J connectivity index is 0.000000217. The van der Waals surface area contributed by atoms with Crippen molar-refractivity contribution < 1.29 is 14.6 Å². The minimum absolute atomic E-state index is 0.300. The van der Waals surface area contributed by atoms with Crippen LogP contribution in [0.2, 0.25) is 0 Å². The zero-order valence-electron chi connectivity index (χ0n) is 7.67. The first kappa shape index (κ1) is 11.2. The summed E-state index contributed by atoms with van der Waals surface area (Å²) in [4.78, 5) is 9.25. The molecule has 1 heterocycles. The minimum atomic E-state index is -0.981. The van der Waals surface area contributed by atoms with Crippen LogP contribution in [-0.2, 0) is 9.53 Å². The van der Waals surface area contributed by atoms with E-state index in [9.17, 15) is 4.79 Å². The maximum absolute atomic E-state index is 9.25. The smallest absolute Gasteiger partial charge is 0.327 e. The summed E-state index contributed by atoms with van der Waals surface area (Å²) in [5.41, 5.74) is 0.300. The number of carbonyl (C=O) groups is 1. The van der Waals surface area contributed by atoms with Crippen LogP contribution in [0.4, 0.5) is 0 Å². The number of ether oxygens (including phenoxy) is 1. The van der Waals surface area contributed by atoms with E-state index in [1.54, 1.807) is 0 Å². The van der Waals surface area contributed by atoms with Crippen molar-refractivity contribution in [2.75, 3.05) is 6.61 Å². The largest absolute Gasteiger partial charge is 0.478 e. The summed E-state index contributed by atoms with van der Waals surface area (Å²) in [6.45, 7) is 8.30. The molecular formula is C9H16O3. The van der Waals surface area contributed by atoms with Gasteiger partial charge >= 0.3 is 5.97 Å². The molecule has 0 aromatic heterocycles. The Bertz CT molecular complexity index is 159. The van der Waals surface area contributed by atoms with Crippen molar-refractivity contribution in [1.82, 2.24) is 0 Å². The van der Waals surface area contributed by atoms with Crippen molar-refractivity contribution in [2.45, 2.75) is 32.3 Å². The molecule has 1 unspecified atom stereocenters. The molecule has 1 N–H and O–H groups in total. The van der Waals surface area contributed by atoms with Crippen LogP contribution in [0.25, 0.3) is 0 Å². The third-order valence-electron chi connectivity index (χ3n) is 1.59. The molecule has 0 saturated carbocycles. The standard InChI is InChI=1S/C6H12O.C3H4O2/c1-3-4-6(2)5-7-6;1-2-3(4)5/h3-5H2,1-2H3;2H,1H2,(H,4,5). The molecule has 0 aromatic carbocycles. The number of rotatable bonds is 3. The number of hydrogen-bond donors (Lipinski definition) is 1. The van der Waals surface area contributed by atoms with Gasteiger partial charge in [0.1, 0.15) is 0 Å². The van der Waals surface area contributed by atoms with Gasteiger partial charge in [0.15, 0.2) is 0 Å². The van der Waals surface area contributed by atoms with Crippen molar-refractivity contribution >= 4 is 5.97 Å². The first-order valence-corrected chi connectivity index (χ1v) is 4.03. The van der Waals surface area contributed by atoms with Gasteiger partial charge in [0.05, 0.1) is 12.2 Å². The van der Waals surface area contributed by atoms with Crippen LogP contribution in [0.3, 0.4) is 0 Å². The monoisotopic (exact) mass is 172 g/mol. The number of aliphatic carboxylic acids is 1. The van der Waals surface area contributed by atoms with Crippen LogP contribution < -0.4 is 0 Å². The van der Waals surface area contributed by atoms with Gasteiger partial charge in [-0.25, -0.2) is 4.79 Å². The Hall–Kier alpha value is -0.830. The number of epoxide rings is 1. The van der Waals surface area contributed by atoms with E-state index in [4.69, 9.17) is 9.84 Å². The van der Waals surface area contributed by atoms with Crippen molar-refractivity contribution in [3.8, 4) is 0 Å². The molecule has 3 heteroatoms. The highest BCUT2D eigenvalue weighted by Gasteiger charge is 2.37. The predicted molar refractivity (Wildman–Crippen MR) is 47.1 cm³/mol. The van der Waals surface area contributed by atoms with Gasteiger partial charge in [0.25, 0.3) is 0 Å². The van der Waals surface area contributed by atoms with E-state index in [1.807, 2.05) is 0 Å². The van der Waals surface area contributed by atoms with E-state index in [0.29, 0.717) is 5.60 Å². The molecule has 1 saturated heterocycles. The van der Waals surface area contributed by atoms with E-state index in [1.165, 1.54) is 12.8 Å². The predicted octanol–water partition coefficient (Wildman–Crippen LogP) is 1.83. The highest BCUT2D eigenvalue weighted by atomic mass is 16.6. The van der Waals surface area contributed by atoms with E-state index in [-0.39, 0.29) is 0 Å². The number of hydrogen-bond acceptors (Lipinski definition) is 2. The summed E-state index contributed by atoms with van der Waals surface area (Å²) >= 11 is 0. The Labute approximate surface area is 73.0 Å². The maximum Gasteiger partial charge on any atom is 0.327 e. The molecule has 0 spiro atoms. The molecule has 0 radical (unpaired) electrons. The average molecular weight is 172 g/mol. The molecule has 70 valence electrons. The quantitative estimate of drug-likeness (QED) is 0.522. The third kappa shape index (κ3) is 5.92. The van der Waals surface area contributed by atoms with E-state index >= 15 is 0 Å². The maximum atomic E-state index is 9.25. The lowest BCUT2D eigenvalue weighted by molar-refractivity contribution is -0.131. The lowest BCUT2D eigenvalue weighted by Gasteiger charge is -1.97. The van der Waals surface area contributed by atoms with E-state index in [2.05, 4.69) is 20.4 Å². The molecule has 0 aromatic rings. The third-order valence-corrected chi connectivity index (χ3v) is 1.59. The SMILES string of the molecule is C=CC(=O)O.CCCC1(C)CO1. The van der Waals surface area contributed by atoms with Gasteiger partial charge in [-0.3, -0.25) is 0 Å². The molecular weight excluding hydrogens is 156 g/mol. The fraction of sp³-hybridized carbons (Fsp3) is 0.667. The molecule has 1 atom stereocenters. The van der Waals surface area contributed by atoms with Gasteiger partial charge in [-0.15, -0.1) is 0 Å². The second-order valence-corrected chi connectivity index (χ2v) is 3.03. The van der Waals surface area contributed by atoms with Gasteiger partial charge in [0.2, 0.25) is 0 Å². The van der Waals surface area contributed by atoms with Crippen LogP contribution in [-0.4, -0.2) is 23.3 Å². The summed E-state index contributed by atoms with van der Waals surface area (Å²) in [5, 5.41) is 7.60. The van der Waals surface area contributed by atoms with Crippen molar-refractivity contribution in [2.24, 2.45) is 0 Å². The van der Waals surface area contributed by atoms with Gasteiger partial charge < -0.3 is 9.84 Å². The van der Waals surface area contributed by atoms with Gasteiger partial charge in [-0.1, -0.05) is 19.9 Å². The summed E-state index contributed by atoms with van der Waals surface area (Å²) in [5.74, 6) is -0.981. The first-order valence-electron chi connectivity index (χ1n) is 4.03. The minimum Gasteiger partial charge on any atom is -0.478 e. The van der Waals surface area contributed by atoms with Crippen LogP contribution in [0, 0.1) is 0 Å². The second-order valence-electron chi connectivity index (χ2n) is 3.03. The molecule has 3 nitrogen and oxygen atoms in total. The van der Waals surface area contributed by atoms with Crippen LogP contribution >= 0.6 is 0 Å². The van der Waals surface area contributed by atoms with E-state index < -0.39 is 5.97 Å². The van der Waals surface area contributed by atoms with Crippen LogP contribution in [0.1, 0.15) is 26.7 Å². The lowest BCUT2D eigenvalue weighted by atomic mass is 10.1.